The van der Waals surface area contributed by atoms with Crippen LogP contribution in [0.2, 0.25) is 0 Å². The van der Waals surface area contributed by atoms with Gasteiger partial charge in [0.25, 0.3) is 0 Å². The zero-order valence-corrected chi connectivity index (χ0v) is 14.9. The monoisotopic (exact) mass is 330 g/mol. The summed E-state index contributed by atoms with van der Waals surface area (Å²) in [7, 11) is 0. The number of amides is 1. The van der Waals surface area contributed by atoms with Crippen molar-refractivity contribution in [2.75, 3.05) is 19.8 Å². The molecule has 2 aliphatic rings. The van der Waals surface area contributed by atoms with Crippen LogP contribution in [0.5, 0.6) is 0 Å². The summed E-state index contributed by atoms with van der Waals surface area (Å²) in [6.45, 7) is 8.02. The minimum absolute atomic E-state index is 0.133. The molecule has 0 saturated carbocycles. The molecule has 3 rings (SSSR count). The van der Waals surface area contributed by atoms with Crippen LogP contribution in [0.3, 0.4) is 0 Å². The van der Waals surface area contributed by atoms with Gasteiger partial charge in [-0.25, -0.2) is 4.79 Å². The number of hydrogen-bond donors (Lipinski definition) is 0. The fraction of sp³-hybridized carbons (Fsp3) is 0.600. The maximum absolute atomic E-state index is 12.7. The van der Waals surface area contributed by atoms with Crippen LogP contribution in [0.4, 0.5) is 4.79 Å². The number of carbonyl (C=O) groups excluding carboxylic acids is 1. The summed E-state index contributed by atoms with van der Waals surface area (Å²) in [5.74, 6) is 0.728. The summed E-state index contributed by atoms with van der Waals surface area (Å²) >= 11 is 0. The molecule has 2 heterocycles. The van der Waals surface area contributed by atoms with Crippen molar-refractivity contribution in [2.45, 2.75) is 51.2 Å². The highest BCUT2D eigenvalue weighted by molar-refractivity contribution is 5.70. The minimum Gasteiger partial charge on any atom is -0.444 e. The standard InChI is InChI=1S/C20H28NO3/c1-20(2,3)24-19(22)21-14-17(15-7-5-4-6-8-15)13-18(21)16-9-11-23-12-10-16/h4-8,13,16-18H,9-12,14H2,1-3H3. The topological polar surface area (TPSA) is 38.8 Å². The molecule has 2 unspecified atom stereocenters. The van der Waals surface area contributed by atoms with Gasteiger partial charge >= 0.3 is 6.09 Å². The Morgan fingerprint density at radius 1 is 1.17 bits per heavy atom. The van der Waals surface area contributed by atoms with E-state index in [2.05, 4.69) is 30.7 Å². The Morgan fingerprint density at radius 3 is 2.46 bits per heavy atom. The number of ether oxygens (including phenoxy) is 2. The van der Waals surface area contributed by atoms with Crippen molar-refractivity contribution < 1.29 is 14.3 Å². The van der Waals surface area contributed by atoms with Crippen LogP contribution in [0.1, 0.15) is 45.1 Å². The zero-order valence-electron chi connectivity index (χ0n) is 14.9. The van der Waals surface area contributed by atoms with Crippen molar-refractivity contribution >= 4 is 6.09 Å². The van der Waals surface area contributed by atoms with Gasteiger partial charge in [0.15, 0.2) is 0 Å². The van der Waals surface area contributed by atoms with Crippen LogP contribution in [0.25, 0.3) is 0 Å². The maximum Gasteiger partial charge on any atom is 0.410 e. The average molecular weight is 330 g/mol. The Morgan fingerprint density at radius 2 is 1.83 bits per heavy atom. The summed E-state index contributed by atoms with van der Waals surface area (Å²) < 4.78 is 11.2. The largest absolute Gasteiger partial charge is 0.444 e. The number of rotatable bonds is 2. The third kappa shape index (κ3) is 4.10. The second-order valence-electron chi connectivity index (χ2n) is 7.78. The lowest BCUT2D eigenvalue weighted by molar-refractivity contribution is 0.00608. The lowest BCUT2D eigenvalue weighted by atomic mass is 9.87. The molecule has 1 radical (unpaired) electrons. The Hall–Kier alpha value is -1.55. The van der Waals surface area contributed by atoms with E-state index in [-0.39, 0.29) is 18.1 Å². The molecule has 4 nitrogen and oxygen atoms in total. The molecule has 2 aliphatic heterocycles. The Labute approximate surface area is 145 Å². The van der Waals surface area contributed by atoms with Crippen LogP contribution >= 0.6 is 0 Å². The van der Waals surface area contributed by atoms with Crippen LogP contribution in [-0.2, 0) is 9.47 Å². The lowest BCUT2D eigenvalue weighted by Gasteiger charge is -2.34. The predicted octanol–water partition coefficient (Wildman–Crippen LogP) is 4.02. The van der Waals surface area contributed by atoms with E-state index in [0.29, 0.717) is 12.5 Å². The highest BCUT2D eigenvalue weighted by atomic mass is 16.6. The van der Waals surface area contributed by atoms with Crippen molar-refractivity contribution in [3.8, 4) is 0 Å². The Balaban J connectivity index is 1.78. The van der Waals surface area contributed by atoms with Gasteiger partial charge in [0, 0.05) is 31.7 Å². The third-order valence-electron chi connectivity index (χ3n) is 4.79. The predicted molar refractivity (Wildman–Crippen MR) is 93.8 cm³/mol. The molecule has 1 amide bonds. The van der Waals surface area contributed by atoms with Crippen LogP contribution < -0.4 is 0 Å². The van der Waals surface area contributed by atoms with Crippen LogP contribution in [-0.4, -0.2) is 42.4 Å². The van der Waals surface area contributed by atoms with Crippen molar-refractivity contribution in [1.29, 1.82) is 0 Å². The molecule has 131 valence electrons. The molecule has 2 atom stereocenters. The summed E-state index contributed by atoms with van der Waals surface area (Å²) in [6, 6.07) is 10.6. The normalized spacial score (nSPS) is 25.7. The van der Waals surface area contributed by atoms with E-state index >= 15 is 0 Å². The molecule has 1 aromatic rings. The molecule has 0 bridgehead atoms. The van der Waals surface area contributed by atoms with E-state index < -0.39 is 5.60 Å². The van der Waals surface area contributed by atoms with Gasteiger partial charge in [-0.05, 0) is 51.5 Å². The number of likely N-dealkylation sites (tertiary alicyclic amines) is 1. The zero-order chi connectivity index (χ0) is 17.2. The summed E-state index contributed by atoms with van der Waals surface area (Å²) in [6.07, 6.45) is 4.15. The first-order valence-electron chi connectivity index (χ1n) is 8.91. The van der Waals surface area contributed by atoms with Gasteiger partial charge in [0.2, 0.25) is 0 Å². The number of benzene rings is 1. The van der Waals surface area contributed by atoms with Gasteiger partial charge in [0.05, 0.1) is 0 Å². The SMILES string of the molecule is CC(C)(C)OC(=O)N1CC(c2ccccc2)[CH]C1C1CCOCC1. The molecular weight excluding hydrogens is 302 g/mol. The van der Waals surface area contributed by atoms with Crippen LogP contribution in [0, 0.1) is 12.3 Å². The number of hydrogen-bond acceptors (Lipinski definition) is 3. The fourth-order valence-corrected chi connectivity index (χ4v) is 3.64. The molecule has 2 saturated heterocycles. The Kier molecular flexibility index (Phi) is 5.14. The minimum atomic E-state index is -0.470. The molecule has 0 aromatic heterocycles. The van der Waals surface area contributed by atoms with Crippen molar-refractivity contribution in [2.24, 2.45) is 5.92 Å². The molecule has 0 N–H and O–H groups in total. The highest BCUT2D eigenvalue weighted by Gasteiger charge is 2.42. The third-order valence-corrected chi connectivity index (χ3v) is 4.79. The van der Waals surface area contributed by atoms with E-state index in [1.54, 1.807) is 0 Å². The summed E-state index contributed by atoms with van der Waals surface area (Å²) in [5, 5.41) is 0. The van der Waals surface area contributed by atoms with Gasteiger partial charge in [-0.3, -0.25) is 0 Å². The Bertz CT molecular complexity index is 546. The summed E-state index contributed by atoms with van der Waals surface area (Å²) in [4.78, 5) is 14.7. The van der Waals surface area contributed by atoms with Gasteiger partial charge in [-0.1, -0.05) is 30.3 Å². The highest BCUT2D eigenvalue weighted by Crippen LogP contribution is 2.38. The molecule has 4 heteroatoms. The number of carbonyl (C=O) groups is 1. The lowest BCUT2D eigenvalue weighted by Crippen LogP contribution is -2.44. The van der Waals surface area contributed by atoms with E-state index in [9.17, 15) is 4.79 Å². The molecule has 0 spiro atoms. The average Bonchev–Trinajstić information content (AvgIpc) is 3.00. The molecule has 0 aliphatic carbocycles. The molecular formula is C20H28NO3. The van der Waals surface area contributed by atoms with E-state index in [1.807, 2.05) is 31.7 Å². The van der Waals surface area contributed by atoms with E-state index in [1.165, 1.54) is 5.56 Å². The van der Waals surface area contributed by atoms with E-state index in [0.717, 1.165) is 26.1 Å². The number of nitrogens with zero attached hydrogens (tertiary/aromatic N) is 1. The smallest absolute Gasteiger partial charge is 0.410 e. The maximum atomic E-state index is 12.7. The van der Waals surface area contributed by atoms with Gasteiger partial charge < -0.3 is 14.4 Å². The van der Waals surface area contributed by atoms with Crippen molar-refractivity contribution in [3.63, 3.8) is 0 Å². The van der Waals surface area contributed by atoms with Gasteiger partial charge in [-0.2, -0.15) is 0 Å². The fourth-order valence-electron chi connectivity index (χ4n) is 3.64. The van der Waals surface area contributed by atoms with Crippen molar-refractivity contribution in [1.82, 2.24) is 4.90 Å². The molecule has 2 fully saturated rings. The van der Waals surface area contributed by atoms with Crippen molar-refractivity contribution in [3.05, 3.63) is 42.3 Å². The summed E-state index contributed by atoms with van der Waals surface area (Å²) in [5.41, 5.74) is 0.794. The first kappa shape index (κ1) is 17.3. The van der Waals surface area contributed by atoms with E-state index in [4.69, 9.17) is 9.47 Å². The first-order valence-corrected chi connectivity index (χ1v) is 8.91. The van der Waals surface area contributed by atoms with Crippen LogP contribution in [0.15, 0.2) is 30.3 Å². The first-order chi connectivity index (χ1) is 11.4. The van der Waals surface area contributed by atoms with Gasteiger partial charge in [0.1, 0.15) is 5.60 Å². The van der Waals surface area contributed by atoms with Gasteiger partial charge in [-0.15, -0.1) is 0 Å². The quantitative estimate of drug-likeness (QED) is 0.822. The second-order valence-corrected chi connectivity index (χ2v) is 7.78. The molecule has 24 heavy (non-hydrogen) atoms. The second kappa shape index (κ2) is 7.14. The molecule has 1 aromatic carbocycles.